The summed E-state index contributed by atoms with van der Waals surface area (Å²) in [5.41, 5.74) is 5.42. The van der Waals surface area contributed by atoms with Crippen LogP contribution in [0.3, 0.4) is 0 Å². The Balaban J connectivity index is 4.06. The molecule has 15 heavy (non-hydrogen) atoms. The summed E-state index contributed by atoms with van der Waals surface area (Å²) in [6.07, 6.45) is 1.14. The van der Waals surface area contributed by atoms with Crippen LogP contribution in [0, 0.1) is 0 Å². The van der Waals surface area contributed by atoms with E-state index in [2.05, 4.69) is 4.90 Å². The summed E-state index contributed by atoms with van der Waals surface area (Å²) in [7, 11) is 3.98. The molecule has 4 nitrogen and oxygen atoms in total. The minimum absolute atomic E-state index is 0.160. The SMILES string of the molecule is CCC(=O)N(CCC(N)=S)CCN(C)C. The molecule has 0 aliphatic carbocycles. The van der Waals surface area contributed by atoms with E-state index in [0.717, 1.165) is 13.1 Å². The third-order valence-corrected chi connectivity index (χ3v) is 2.30. The fourth-order valence-electron chi connectivity index (χ4n) is 1.15. The molecule has 0 atom stereocenters. The minimum atomic E-state index is 0.160. The average molecular weight is 231 g/mol. The fraction of sp³-hybridized carbons (Fsp3) is 0.800. The first kappa shape index (κ1) is 14.3. The number of likely N-dealkylation sites (N-methyl/N-ethyl adjacent to an activating group) is 1. The van der Waals surface area contributed by atoms with Gasteiger partial charge < -0.3 is 15.5 Å². The van der Waals surface area contributed by atoms with Gasteiger partial charge in [0.05, 0.1) is 4.99 Å². The van der Waals surface area contributed by atoms with Gasteiger partial charge in [0, 0.05) is 32.5 Å². The molecule has 0 fully saturated rings. The van der Waals surface area contributed by atoms with Crippen LogP contribution in [-0.2, 0) is 4.79 Å². The van der Waals surface area contributed by atoms with Crippen molar-refractivity contribution in [2.24, 2.45) is 5.73 Å². The van der Waals surface area contributed by atoms with Crippen molar-refractivity contribution >= 4 is 23.1 Å². The highest BCUT2D eigenvalue weighted by atomic mass is 32.1. The zero-order valence-electron chi connectivity index (χ0n) is 9.82. The summed E-state index contributed by atoms with van der Waals surface area (Å²) in [4.78, 5) is 15.9. The first-order valence-corrected chi connectivity index (χ1v) is 5.59. The first-order valence-electron chi connectivity index (χ1n) is 5.18. The van der Waals surface area contributed by atoms with Crippen LogP contribution in [0.4, 0.5) is 0 Å². The number of nitrogens with two attached hydrogens (primary N) is 1. The number of carbonyl (C=O) groups excluding carboxylic acids is 1. The predicted molar refractivity (Wildman–Crippen MR) is 66.8 cm³/mol. The standard InChI is InChI=1S/C10H21N3OS/c1-4-10(14)13(6-5-9(11)15)8-7-12(2)3/h4-8H2,1-3H3,(H2,11,15). The monoisotopic (exact) mass is 231 g/mol. The Morgan fingerprint density at radius 1 is 1.27 bits per heavy atom. The third-order valence-electron chi connectivity index (χ3n) is 2.10. The lowest BCUT2D eigenvalue weighted by Crippen LogP contribution is -2.38. The molecule has 0 radical (unpaired) electrons. The van der Waals surface area contributed by atoms with Crippen molar-refractivity contribution < 1.29 is 4.79 Å². The van der Waals surface area contributed by atoms with Crippen LogP contribution < -0.4 is 5.73 Å². The van der Waals surface area contributed by atoms with Gasteiger partial charge in [-0.25, -0.2) is 0 Å². The van der Waals surface area contributed by atoms with Gasteiger partial charge in [-0.1, -0.05) is 19.1 Å². The molecule has 0 unspecified atom stereocenters. The lowest BCUT2D eigenvalue weighted by atomic mass is 10.3. The first-order chi connectivity index (χ1) is 6.97. The van der Waals surface area contributed by atoms with Crippen LogP contribution in [-0.4, -0.2) is 54.4 Å². The highest BCUT2D eigenvalue weighted by Gasteiger charge is 2.11. The number of hydrogen-bond acceptors (Lipinski definition) is 3. The van der Waals surface area contributed by atoms with Crippen molar-refractivity contribution in [3.63, 3.8) is 0 Å². The van der Waals surface area contributed by atoms with Crippen molar-refractivity contribution in [3.05, 3.63) is 0 Å². The van der Waals surface area contributed by atoms with Crippen molar-refractivity contribution in [1.82, 2.24) is 9.80 Å². The zero-order valence-corrected chi connectivity index (χ0v) is 10.6. The molecule has 0 heterocycles. The number of nitrogens with zero attached hydrogens (tertiary/aromatic N) is 2. The summed E-state index contributed by atoms with van der Waals surface area (Å²) >= 11 is 4.80. The van der Waals surface area contributed by atoms with Crippen molar-refractivity contribution in [1.29, 1.82) is 0 Å². The van der Waals surface area contributed by atoms with E-state index < -0.39 is 0 Å². The second-order valence-electron chi connectivity index (χ2n) is 3.75. The second kappa shape index (κ2) is 7.59. The van der Waals surface area contributed by atoms with E-state index in [9.17, 15) is 4.79 Å². The van der Waals surface area contributed by atoms with Crippen molar-refractivity contribution in [2.45, 2.75) is 19.8 Å². The number of amides is 1. The van der Waals surface area contributed by atoms with E-state index in [1.54, 1.807) is 0 Å². The van der Waals surface area contributed by atoms with Crippen LogP contribution in [0.25, 0.3) is 0 Å². The molecule has 1 amide bonds. The van der Waals surface area contributed by atoms with Crippen LogP contribution >= 0.6 is 12.2 Å². The number of hydrogen-bond donors (Lipinski definition) is 1. The van der Waals surface area contributed by atoms with E-state index in [0.29, 0.717) is 24.4 Å². The molecular formula is C10H21N3OS. The van der Waals surface area contributed by atoms with Gasteiger partial charge in [-0.05, 0) is 14.1 Å². The molecule has 0 aliphatic heterocycles. The molecule has 0 rings (SSSR count). The number of rotatable bonds is 7. The molecule has 2 N–H and O–H groups in total. The molecule has 0 aromatic carbocycles. The predicted octanol–water partition coefficient (Wildman–Crippen LogP) is 0.463. The maximum absolute atomic E-state index is 11.6. The molecule has 0 aromatic rings. The topological polar surface area (TPSA) is 49.6 Å². The summed E-state index contributed by atoms with van der Waals surface area (Å²) in [6.45, 7) is 4.10. The van der Waals surface area contributed by atoms with Crippen LogP contribution in [0.5, 0.6) is 0 Å². The Hall–Kier alpha value is -0.680. The molecule has 0 bridgehead atoms. The van der Waals surface area contributed by atoms with E-state index >= 15 is 0 Å². The van der Waals surface area contributed by atoms with Crippen LogP contribution in [0.2, 0.25) is 0 Å². The number of thiocarbonyl (C=S) groups is 1. The van der Waals surface area contributed by atoms with Gasteiger partial charge in [0.1, 0.15) is 0 Å². The molecule has 0 spiro atoms. The Morgan fingerprint density at radius 3 is 2.27 bits per heavy atom. The Bertz CT molecular complexity index is 219. The third kappa shape index (κ3) is 7.27. The lowest BCUT2D eigenvalue weighted by Gasteiger charge is -2.23. The van der Waals surface area contributed by atoms with Gasteiger partial charge >= 0.3 is 0 Å². The molecule has 0 saturated carbocycles. The van der Waals surface area contributed by atoms with Crippen molar-refractivity contribution in [2.75, 3.05) is 33.7 Å². The lowest BCUT2D eigenvalue weighted by molar-refractivity contribution is -0.130. The minimum Gasteiger partial charge on any atom is -0.393 e. The highest BCUT2D eigenvalue weighted by molar-refractivity contribution is 7.80. The van der Waals surface area contributed by atoms with Gasteiger partial charge in [0.2, 0.25) is 5.91 Å². The van der Waals surface area contributed by atoms with Gasteiger partial charge in [-0.2, -0.15) is 0 Å². The van der Waals surface area contributed by atoms with Crippen molar-refractivity contribution in [3.8, 4) is 0 Å². The molecule has 88 valence electrons. The normalized spacial score (nSPS) is 10.4. The molecule has 0 saturated heterocycles. The number of carbonyl (C=O) groups is 1. The second-order valence-corrected chi connectivity index (χ2v) is 4.28. The van der Waals surface area contributed by atoms with E-state index in [4.69, 9.17) is 18.0 Å². The molecule has 0 aliphatic rings. The van der Waals surface area contributed by atoms with Crippen LogP contribution in [0.1, 0.15) is 19.8 Å². The quantitative estimate of drug-likeness (QED) is 0.647. The van der Waals surface area contributed by atoms with Crippen LogP contribution in [0.15, 0.2) is 0 Å². The summed E-state index contributed by atoms with van der Waals surface area (Å²) in [5.74, 6) is 0.160. The Morgan fingerprint density at radius 2 is 1.87 bits per heavy atom. The molecule has 0 aromatic heterocycles. The van der Waals surface area contributed by atoms with Gasteiger partial charge in [-0.3, -0.25) is 4.79 Å². The van der Waals surface area contributed by atoms with Gasteiger partial charge in [0.25, 0.3) is 0 Å². The average Bonchev–Trinajstić information content (AvgIpc) is 2.16. The zero-order chi connectivity index (χ0) is 11.8. The van der Waals surface area contributed by atoms with Gasteiger partial charge in [0.15, 0.2) is 0 Å². The summed E-state index contributed by atoms with van der Waals surface area (Å²) in [5, 5.41) is 0. The summed E-state index contributed by atoms with van der Waals surface area (Å²) in [6, 6.07) is 0. The summed E-state index contributed by atoms with van der Waals surface area (Å²) < 4.78 is 0. The van der Waals surface area contributed by atoms with E-state index in [-0.39, 0.29) is 5.91 Å². The molecule has 5 heteroatoms. The van der Waals surface area contributed by atoms with E-state index in [1.807, 2.05) is 25.9 Å². The maximum Gasteiger partial charge on any atom is 0.222 e. The Kier molecular flexibility index (Phi) is 7.25. The molecular weight excluding hydrogens is 210 g/mol. The fourth-order valence-corrected chi connectivity index (χ4v) is 1.24. The Labute approximate surface area is 97.4 Å². The largest absolute Gasteiger partial charge is 0.393 e. The highest BCUT2D eigenvalue weighted by Crippen LogP contribution is 1.97. The maximum atomic E-state index is 11.6. The smallest absolute Gasteiger partial charge is 0.222 e. The van der Waals surface area contributed by atoms with Gasteiger partial charge in [-0.15, -0.1) is 0 Å². The van der Waals surface area contributed by atoms with E-state index in [1.165, 1.54) is 0 Å².